The van der Waals surface area contributed by atoms with Crippen LogP contribution < -0.4 is 15.0 Å². The highest BCUT2D eigenvalue weighted by Crippen LogP contribution is 2.39. The number of allylic oxidation sites excluding steroid dienone is 1. The molecule has 2 N–H and O–H groups in total. The molecule has 2 aromatic carbocycles. The van der Waals surface area contributed by atoms with Crippen LogP contribution in [0, 0.1) is 29.9 Å². The minimum Gasteiger partial charge on any atom is -0.508 e. The molecule has 0 saturated carbocycles. The van der Waals surface area contributed by atoms with Crippen molar-refractivity contribution in [2.24, 2.45) is 10.9 Å². The SMILES string of the molecule is C#Cc1c(F)ccc2cc(O)cc(-c3ncc4c(N5CC(C)CC(NC(=O)OC(C)OC(=O)C(/C=C\C)=C/N=C)C5)nc(OC)nc4c3F)c12. The van der Waals surface area contributed by atoms with E-state index in [1.54, 1.807) is 13.0 Å². The number of aliphatic imine (C=N–C) groups is 1. The van der Waals surface area contributed by atoms with Crippen LogP contribution in [0.15, 0.2) is 59.4 Å². The van der Waals surface area contributed by atoms with Gasteiger partial charge in [-0.3, -0.25) is 9.98 Å². The number of anilines is 1. The number of ether oxygens (including phenoxy) is 3. The van der Waals surface area contributed by atoms with Crippen LogP contribution in [0.25, 0.3) is 32.9 Å². The summed E-state index contributed by atoms with van der Waals surface area (Å²) < 4.78 is 47.1. The molecule has 1 saturated heterocycles. The summed E-state index contributed by atoms with van der Waals surface area (Å²) in [6, 6.07) is 4.69. The van der Waals surface area contributed by atoms with Gasteiger partial charge in [0.05, 0.1) is 29.7 Å². The second-order valence-electron chi connectivity index (χ2n) is 11.6. The standard InChI is InChI=1S/C36H34F2N6O6/c1-7-9-22(15-39-5)34(46)49-20(4)50-36(47)41-23-12-19(3)17-44(18-23)33-27-16-40-31(30(38)32(27)42-35(43-33)48-6)26-14-24(45)13-21-10-11-28(37)25(8-2)29(21)26/h2,7,9-11,13-16,19-20,23,45H,5,12,17-18H2,1,3-4,6H3,(H,41,47)/b9-7-,22-15+. The summed E-state index contributed by atoms with van der Waals surface area (Å²) in [5.41, 5.74) is -0.256. The van der Waals surface area contributed by atoms with Crippen LogP contribution in [-0.4, -0.2) is 71.4 Å². The number of pyridine rings is 1. The lowest BCUT2D eigenvalue weighted by Crippen LogP contribution is -2.51. The Bertz CT molecular complexity index is 2100. The minimum absolute atomic E-state index is 0.0352. The van der Waals surface area contributed by atoms with E-state index in [1.165, 1.54) is 56.8 Å². The molecule has 1 fully saturated rings. The third-order valence-corrected chi connectivity index (χ3v) is 7.92. The molecule has 0 radical (unpaired) electrons. The number of nitrogens with zero attached hydrogens (tertiary/aromatic N) is 5. The number of hydrogen-bond acceptors (Lipinski definition) is 11. The molecule has 1 aliphatic heterocycles. The van der Waals surface area contributed by atoms with Crippen LogP contribution in [0.1, 0.15) is 32.8 Å². The van der Waals surface area contributed by atoms with Crippen molar-refractivity contribution in [3.05, 3.63) is 71.6 Å². The van der Waals surface area contributed by atoms with Crippen LogP contribution >= 0.6 is 0 Å². The molecule has 4 aromatic rings. The Morgan fingerprint density at radius 3 is 2.72 bits per heavy atom. The molecule has 3 atom stereocenters. The molecule has 1 aliphatic rings. The number of rotatable bonds is 9. The van der Waals surface area contributed by atoms with E-state index in [-0.39, 0.29) is 62.9 Å². The molecule has 14 heteroatoms. The molecule has 0 bridgehead atoms. The van der Waals surface area contributed by atoms with Crippen molar-refractivity contribution in [3.8, 4) is 35.4 Å². The second-order valence-corrected chi connectivity index (χ2v) is 11.6. The van der Waals surface area contributed by atoms with Crippen molar-refractivity contribution in [2.45, 2.75) is 39.5 Å². The first-order valence-corrected chi connectivity index (χ1v) is 15.5. The summed E-state index contributed by atoms with van der Waals surface area (Å²) >= 11 is 0. The smallest absolute Gasteiger partial charge is 0.410 e. The number of terminal acetylenes is 1. The first-order valence-electron chi connectivity index (χ1n) is 15.5. The Morgan fingerprint density at radius 2 is 2.02 bits per heavy atom. The summed E-state index contributed by atoms with van der Waals surface area (Å²) in [4.78, 5) is 43.8. The summed E-state index contributed by atoms with van der Waals surface area (Å²) in [6.07, 6.45) is 9.90. The fourth-order valence-corrected chi connectivity index (χ4v) is 5.96. The van der Waals surface area contributed by atoms with E-state index >= 15 is 4.39 Å². The molecule has 5 rings (SSSR count). The maximum absolute atomic E-state index is 16.5. The molecule has 0 aliphatic carbocycles. The van der Waals surface area contributed by atoms with Crippen molar-refractivity contribution in [3.63, 3.8) is 0 Å². The van der Waals surface area contributed by atoms with Gasteiger partial charge >= 0.3 is 18.1 Å². The van der Waals surface area contributed by atoms with Crippen LogP contribution in [0.5, 0.6) is 11.8 Å². The molecule has 258 valence electrons. The van der Waals surface area contributed by atoms with Crippen LogP contribution in [0.4, 0.5) is 19.4 Å². The topological polar surface area (TPSA) is 148 Å². The molecule has 0 spiro atoms. The fraction of sp³-hybridized carbons (Fsp3) is 0.278. The zero-order chi connectivity index (χ0) is 36.1. The number of phenolic OH excluding ortho intramolecular Hbond substituents is 1. The number of aromatic hydroxyl groups is 1. The van der Waals surface area contributed by atoms with Gasteiger partial charge in [0.2, 0.25) is 6.29 Å². The van der Waals surface area contributed by atoms with Crippen LogP contribution in [0.3, 0.4) is 0 Å². The van der Waals surface area contributed by atoms with Gasteiger partial charge in [-0.1, -0.05) is 31.1 Å². The lowest BCUT2D eigenvalue weighted by Gasteiger charge is -2.37. The number of hydrogen-bond donors (Lipinski definition) is 2. The number of methoxy groups -OCH3 is 1. The number of amides is 1. The van der Waals surface area contributed by atoms with E-state index in [2.05, 4.69) is 37.9 Å². The summed E-state index contributed by atoms with van der Waals surface area (Å²) in [5.74, 6) is 0.157. The van der Waals surface area contributed by atoms with Crippen molar-refractivity contribution in [1.82, 2.24) is 20.3 Å². The molecule has 50 heavy (non-hydrogen) atoms. The zero-order valence-corrected chi connectivity index (χ0v) is 27.7. The normalized spacial score (nSPS) is 17.0. The third-order valence-electron chi connectivity index (χ3n) is 7.92. The highest BCUT2D eigenvalue weighted by Gasteiger charge is 2.31. The number of fused-ring (bicyclic) bond motifs is 2. The fourth-order valence-electron chi connectivity index (χ4n) is 5.96. The van der Waals surface area contributed by atoms with Gasteiger partial charge in [-0.25, -0.2) is 18.4 Å². The van der Waals surface area contributed by atoms with Crippen molar-refractivity contribution in [1.29, 1.82) is 0 Å². The van der Waals surface area contributed by atoms with Gasteiger partial charge < -0.3 is 29.5 Å². The number of alkyl carbamates (subject to hydrolysis) is 1. The number of benzene rings is 2. The van der Waals surface area contributed by atoms with Crippen molar-refractivity contribution in [2.75, 3.05) is 25.1 Å². The lowest BCUT2D eigenvalue weighted by molar-refractivity contribution is -0.159. The van der Waals surface area contributed by atoms with Crippen LogP contribution in [-0.2, 0) is 14.3 Å². The number of esters is 1. The summed E-state index contributed by atoms with van der Waals surface area (Å²) in [7, 11) is 1.34. The predicted molar refractivity (Wildman–Crippen MR) is 184 cm³/mol. The van der Waals surface area contributed by atoms with Crippen LogP contribution in [0.2, 0.25) is 0 Å². The summed E-state index contributed by atoms with van der Waals surface area (Å²) in [6.45, 7) is 9.16. The third kappa shape index (κ3) is 7.31. The number of carbonyl (C=O) groups excluding carboxylic acids is 2. The number of nitrogens with one attached hydrogen (secondary N) is 1. The molecule has 3 heterocycles. The highest BCUT2D eigenvalue weighted by molar-refractivity contribution is 6.03. The largest absolute Gasteiger partial charge is 0.508 e. The van der Waals surface area contributed by atoms with E-state index in [9.17, 15) is 19.1 Å². The number of phenols is 1. The molecule has 3 unspecified atom stereocenters. The predicted octanol–water partition coefficient (Wildman–Crippen LogP) is 5.81. The quantitative estimate of drug-likeness (QED) is 0.0553. The Morgan fingerprint density at radius 1 is 1.24 bits per heavy atom. The Hall–Kier alpha value is -6.10. The van der Waals surface area contributed by atoms with E-state index in [4.69, 9.17) is 20.6 Å². The first-order chi connectivity index (χ1) is 24.0. The van der Waals surface area contributed by atoms with Gasteiger partial charge in [0.1, 0.15) is 28.6 Å². The van der Waals surface area contributed by atoms with Crippen molar-refractivity contribution >= 4 is 46.3 Å². The van der Waals surface area contributed by atoms with Gasteiger partial charge in [0.15, 0.2) is 5.82 Å². The first kappa shape index (κ1) is 35.2. The maximum Gasteiger partial charge on any atom is 0.410 e. The average molecular weight is 685 g/mol. The highest BCUT2D eigenvalue weighted by atomic mass is 19.1. The van der Waals surface area contributed by atoms with Gasteiger partial charge in [-0.2, -0.15) is 9.97 Å². The van der Waals surface area contributed by atoms with Crippen molar-refractivity contribution < 1.29 is 37.7 Å². The minimum atomic E-state index is -1.21. The number of carbonyl (C=O) groups is 2. The number of piperidine rings is 1. The lowest BCUT2D eigenvalue weighted by atomic mass is 9.95. The molecular formula is C36H34F2N6O6. The van der Waals surface area contributed by atoms with Gasteiger partial charge in [-0.15, -0.1) is 6.42 Å². The number of aromatic nitrogens is 3. The molecule has 12 nitrogen and oxygen atoms in total. The van der Waals surface area contributed by atoms with E-state index in [0.29, 0.717) is 24.2 Å². The average Bonchev–Trinajstić information content (AvgIpc) is 3.07. The monoisotopic (exact) mass is 684 g/mol. The molecule has 2 aromatic heterocycles. The Kier molecular flexibility index (Phi) is 10.6. The van der Waals surface area contributed by atoms with Gasteiger partial charge in [0.25, 0.3) is 0 Å². The zero-order valence-electron chi connectivity index (χ0n) is 27.7. The van der Waals surface area contributed by atoms with E-state index in [1.807, 2.05) is 11.8 Å². The second kappa shape index (κ2) is 15.0. The Balaban J connectivity index is 1.44. The van der Waals surface area contributed by atoms with Gasteiger partial charge in [0, 0.05) is 43.4 Å². The Labute approximate surface area is 286 Å². The van der Waals surface area contributed by atoms with E-state index in [0.717, 1.165) is 0 Å². The summed E-state index contributed by atoms with van der Waals surface area (Å²) in [5, 5.41) is 14.1. The number of halogens is 2. The maximum atomic E-state index is 16.5. The van der Waals surface area contributed by atoms with E-state index < -0.39 is 36.0 Å². The molecular weight excluding hydrogens is 650 g/mol. The van der Waals surface area contributed by atoms with Gasteiger partial charge in [-0.05, 0) is 49.6 Å². The molecule has 1 amide bonds.